The third-order valence-electron chi connectivity index (χ3n) is 4.47. The van der Waals surface area contributed by atoms with Gasteiger partial charge in [0.15, 0.2) is 0 Å². The highest BCUT2D eigenvalue weighted by molar-refractivity contribution is 6.06. The zero-order valence-corrected chi connectivity index (χ0v) is 14.9. The molecule has 0 aliphatic heterocycles. The van der Waals surface area contributed by atoms with Gasteiger partial charge in [0.05, 0.1) is 11.0 Å². The topological polar surface area (TPSA) is 46.9 Å². The van der Waals surface area contributed by atoms with E-state index in [4.69, 9.17) is 0 Å². The van der Waals surface area contributed by atoms with Gasteiger partial charge in [0.1, 0.15) is 5.82 Å². The molecule has 0 spiro atoms. The van der Waals surface area contributed by atoms with Gasteiger partial charge < -0.3 is 9.88 Å². The molecule has 4 heteroatoms. The summed E-state index contributed by atoms with van der Waals surface area (Å²) >= 11 is 0. The maximum Gasteiger partial charge on any atom is 0.255 e. The predicted octanol–water partition coefficient (Wildman–Crippen LogP) is 4.31. The van der Waals surface area contributed by atoms with Gasteiger partial charge in [0.25, 0.3) is 5.91 Å². The summed E-state index contributed by atoms with van der Waals surface area (Å²) in [6.07, 6.45) is 0.870. The molecule has 0 radical (unpaired) electrons. The Hall–Kier alpha value is -2.62. The number of benzene rings is 2. The van der Waals surface area contributed by atoms with Gasteiger partial charge in [-0.15, -0.1) is 0 Å². The molecule has 0 aliphatic carbocycles. The van der Waals surface area contributed by atoms with Crippen molar-refractivity contribution in [2.75, 3.05) is 5.32 Å². The molecule has 124 valence electrons. The van der Waals surface area contributed by atoms with E-state index in [1.54, 1.807) is 0 Å². The summed E-state index contributed by atoms with van der Waals surface area (Å²) in [5.41, 5.74) is 6.78. The standard InChI is InChI=1S/C20H23N3O/c1-6-18-21-16-11-15(7-8-17(16)23(18)5)20(24)22-19-13(3)9-12(2)10-14(19)4/h7-11H,6H2,1-5H3,(H,22,24). The van der Waals surface area contributed by atoms with E-state index in [1.807, 2.05) is 39.1 Å². The Bertz CT molecular complexity index is 914. The lowest BCUT2D eigenvalue weighted by Crippen LogP contribution is -2.14. The largest absolute Gasteiger partial charge is 0.331 e. The molecular weight excluding hydrogens is 298 g/mol. The molecule has 0 bridgehead atoms. The first kappa shape index (κ1) is 16.2. The van der Waals surface area contributed by atoms with Gasteiger partial charge in [-0.3, -0.25) is 4.79 Å². The van der Waals surface area contributed by atoms with Crippen LogP contribution >= 0.6 is 0 Å². The molecule has 0 fully saturated rings. The number of carbonyl (C=O) groups excluding carboxylic acids is 1. The molecule has 0 atom stereocenters. The van der Waals surface area contributed by atoms with Crippen LogP contribution in [0.4, 0.5) is 5.69 Å². The summed E-state index contributed by atoms with van der Waals surface area (Å²) in [4.78, 5) is 17.3. The van der Waals surface area contributed by atoms with E-state index >= 15 is 0 Å². The van der Waals surface area contributed by atoms with Gasteiger partial charge in [-0.25, -0.2) is 4.98 Å². The van der Waals surface area contributed by atoms with Crippen LogP contribution < -0.4 is 5.32 Å². The zero-order valence-electron chi connectivity index (χ0n) is 14.9. The molecular formula is C20H23N3O. The second kappa shape index (κ2) is 6.11. The minimum absolute atomic E-state index is 0.101. The third-order valence-corrected chi connectivity index (χ3v) is 4.47. The van der Waals surface area contributed by atoms with Crippen LogP contribution in [0.2, 0.25) is 0 Å². The normalized spacial score (nSPS) is 11.0. The SMILES string of the molecule is CCc1nc2cc(C(=O)Nc3c(C)cc(C)cc3C)ccc2n1C. The lowest BCUT2D eigenvalue weighted by molar-refractivity contribution is 0.102. The quantitative estimate of drug-likeness (QED) is 0.781. The summed E-state index contributed by atoms with van der Waals surface area (Å²) in [5, 5.41) is 3.05. The minimum Gasteiger partial charge on any atom is -0.331 e. The van der Waals surface area contributed by atoms with E-state index in [9.17, 15) is 4.79 Å². The van der Waals surface area contributed by atoms with E-state index in [1.165, 1.54) is 5.56 Å². The number of imidazole rings is 1. The van der Waals surface area contributed by atoms with Crippen LogP contribution in [0.25, 0.3) is 11.0 Å². The van der Waals surface area contributed by atoms with Crippen molar-refractivity contribution in [2.45, 2.75) is 34.1 Å². The lowest BCUT2D eigenvalue weighted by atomic mass is 10.0. The molecule has 0 saturated heterocycles. The fraction of sp³-hybridized carbons (Fsp3) is 0.300. The Morgan fingerprint density at radius 1 is 1.12 bits per heavy atom. The van der Waals surface area contributed by atoms with Gasteiger partial charge in [-0.2, -0.15) is 0 Å². The second-order valence-electron chi connectivity index (χ2n) is 6.37. The molecule has 1 N–H and O–H groups in total. The minimum atomic E-state index is -0.101. The van der Waals surface area contributed by atoms with Gasteiger partial charge in [-0.05, 0) is 50.1 Å². The van der Waals surface area contributed by atoms with Crippen LogP contribution in [0.5, 0.6) is 0 Å². The lowest BCUT2D eigenvalue weighted by Gasteiger charge is -2.13. The van der Waals surface area contributed by atoms with Gasteiger partial charge in [0, 0.05) is 24.7 Å². The van der Waals surface area contributed by atoms with Gasteiger partial charge >= 0.3 is 0 Å². The second-order valence-corrected chi connectivity index (χ2v) is 6.37. The predicted molar refractivity (Wildman–Crippen MR) is 98.7 cm³/mol. The van der Waals surface area contributed by atoms with Crippen LogP contribution in [-0.2, 0) is 13.5 Å². The van der Waals surface area contributed by atoms with Crippen LogP contribution in [-0.4, -0.2) is 15.5 Å². The van der Waals surface area contributed by atoms with Crippen LogP contribution in [0.3, 0.4) is 0 Å². The van der Waals surface area contributed by atoms with Crippen molar-refractivity contribution in [2.24, 2.45) is 7.05 Å². The number of hydrogen-bond donors (Lipinski definition) is 1. The number of nitrogens with one attached hydrogen (secondary N) is 1. The Balaban J connectivity index is 1.95. The highest BCUT2D eigenvalue weighted by Crippen LogP contribution is 2.23. The average molecular weight is 321 g/mol. The highest BCUT2D eigenvalue weighted by Gasteiger charge is 2.13. The summed E-state index contributed by atoms with van der Waals surface area (Å²) in [6.45, 7) is 8.18. The molecule has 0 unspecified atom stereocenters. The number of hydrogen-bond acceptors (Lipinski definition) is 2. The molecule has 0 saturated carbocycles. The maximum atomic E-state index is 12.7. The average Bonchev–Trinajstić information content (AvgIpc) is 2.86. The fourth-order valence-electron chi connectivity index (χ4n) is 3.27. The number of aromatic nitrogens is 2. The Kier molecular flexibility index (Phi) is 4.14. The first-order chi connectivity index (χ1) is 11.4. The number of nitrogens with zero attached hydrogens (tertiary/aromatic N) is 2. The maximum absolute atomic E-state index is 12.7. The number of amides is 1. The molecule has 0 aliphatic rings. The molecule has 1 heterocycles. The van der Waals surface area contributed by atoms with E-state index in [0.29, 0.717) is 5.56 Å². The first-order valence-electron chi connectivity index (χ1n) is 8.25. The number of fused-ring (bicyclic) bond motifs is 1. The molecule has 4 nitrogen and oxygen atoms in total. The zero-order chi connectivity index (χ0) is 17.4. The smallest absolute Gasteiger partial charge is 0.255 e. The Morgan fingerprint density at radius 3 is 2.42 bits per heavy atom. The summed E-state index contributed by atoms with van der Waals surface area (Å²) < 4.78 is 2.07. The summed E-state index contributed by atoms with van der Waals surface area (Å²) in [6, 6.07) is 9.85. The van der Waals surface area contributed by atoms with Crippen molar-refractivity contribution in [3.05, 3.63) is 58.4 Å². The fourth-order valence-corrected chi connectivity index (χ4v) is 3.27. The van der Waals surface area contributed by atoms with Crippen molar-refractivity contribution in [3.8, 4) is 0 Å². The van der Waals surface area contributed by atoms with Gasteiger partial charge in [-0.1, -0.05) is 24.6 Å². The van der Waals surface area contributed by atoms with Crippen molar-refractivity contribution in [1.29, 1.82) is 0 Å². The van der Waals surface area contributed by atoms with E-state index in [0.717, 1.165) is 40.1 Å². The highest BCUT2D eigenvalue weighted by atomic mass is 16.1. The van der Waals surface area contributed by atoms with E-state index in [2.05, 4.69) is 40.8 Å². The Labute approximate surface area is 142 Å². The van der Waals surface area contributed by atoms with Crippen LogP contribution in [0.1, 0.15) is 39.8 Å². The summed E-state index contributed by atoms with van der Waals surface area (Å²) in [7, 11) is 2.01. The third kappa shape index (κ3) is 2.80. The van der Waals surface area contributed by atoms with Crippen molar-refractivity contribution in [1.82, 2.24) is 9.55 Å². The van der Waals surface area contributed by atoms with Crippen molar-refractivity contribution < 1.29 is 4.79 Å². The molecule has 3 rings (SSSR count). The number of rotatable bonds is 3. The van der Waals surface area contributed by atoms with Gasteiger partial charge in [0.2, 0.25) is 0 Å². The monoisotopic (exact) mass is 321 g/mol. The molecule has 3 aromatic rings. The number of anilines is 1. The molecule has 1 aromatic heterocycles. The van der Waals surface area contributed by atoms with Crippen molar-refractivity contribution in [3.63, 3.8) is 0 Å². The molecule has 24 heavy (non-hydrogen) atoms. The molecule has 1 amide bonds. The van der Waals surface area contributed by atoms with Crippen molar-refractivity contribution >= 4 is 22.6 Å². The van der Waals surface area contributed by atoms with E-state index < -0.39 is 0 Å². The molecule has 2 aromatic carbocycles. The number of aryl methyl sites for hydroxylation is 5. The first-order valence-corrected chi connectivity index (χ1v) is 8.25. The summed E-state index contributed by atoms with van der Waals surface area (Å²) in [5.74, 6) is 0.920. The van der Waals surface area contributed by atoms with Crippen LogP contribution in [0.15, 0.2) is 30.3 Å². The van der Waals surface area contributed by atoms with E-state index in [-0.39, 0.29) is 5.91 Å². The Morgan fingerprint density at radius 2 is 1.79 bits per heavy atom. The van der Waals surface area contributed by atoms with Crippen LogP contribution in [0, 0.1) is 20.8 Å². The number of carbonyl (C=O) groups is 1.